The maximum atomic E-state index is 12.2. The molecular formula is C21H32O2. The Kier molecular flexibility index (Phi) is 2.67. The van der Waals surface area contributed by atoms with Crippen LogP contribution in [0, 0.1) is 34.5 Å². The summed E-state index contributed by atoms with van der Waals surface area (Å²) in [5.74, 6) is 1.48. The molecule has 0 unspecified atom stereocenters. The molecule has 0 radical (unpaired) electrons. The van der Waals surface area contributed by atoms with Crippen LogP contribution in [0.1, 0.15) is 77.5 Å². The topological polar surface area (TPSA) is 37.3 Å². The van der Waals surface area contributed by atoms with Gasteiger partial charge in [0.15, 0.2) is 0 Å². The van der Waals surface area contributed by atoms with Crippen LogP contribution in [0.25, 0.3) is 0 Å². The van der Waals surface area contributed by atoms with Crippen molar-refractivity contribution >= 4 is 5.78 Å². The number of aliphatic hydroxyl groups is 1. The zero-order chi connectivity index (χ0) is 20.0. The first-order chi connectivity index (χ1) is 12.4. The van der Waals surface area contributed by atoms with Gasteiger partial charge in [-0.25, -0.2) is 0 Å². The van der Waals surface area contributed by atoms with E-state index in [0.29, 0.717) is 23.2 Å². The first-order valence-electron chi connectivity index (χ1n) is 11.3. The van der Waals surface area contributed by atoms with Gasteiger partial charge in [-0.1, -0.05) is 25.5 Å². The Labute approximate surface area is 146 Å². The fraction of sp³-hybridized carbons (Fsp3) is 0.857. The molecule has 0 aromatic rings. The predicted molar refractivity (Wildman–Crippen MR) is 91.9 cm³/mol. The predicted octanol–water partition coefficient (Wildman–Crippen LogP) is 4.52. The minimum absolute atomic E-state index is 0.0287. The molecular weight excluding hydrogens is 284 g/mol. The van der Waals surface area contributed by atoms with Crippen molar-refractivity contribution in [1.29, 1.82) is 0 Å². The van der Waals surface area contributed by atoms with E-state index in [-0.39, 0.29) is 23.7 Å². The van der Waals surface area contributed by atoms with Crippen LogP contribution < -0.4 is 0 Å². The van der Waals surface area contributed by atoms with Crippen molar-refractivity contribution in [2.45, 2.75) is 78.1 Å². The average Bonchev–Trinajstić information content (AvgIpc) is 2.90. The van der Waals surface area contributed by atoms with E-state index in [9.17, 15) is 9.90 Å². The van der Waals surface area contributed by atoms with Gasteiger partial charge >= 0.3 is 0 Å². The Bertz CT molecular complexity index is 702. The van der Waals surface area contributed by atoms with Crippen molar-refractivity contribution in [2.75, 3.05) is 0 Å². The average molecular weight is 321 g/mol. The molecule has 0 aromatic carbocycles. The third-order valence-electron chi connectivity index (χ3n) is 7.91. The second-order valence-corrected chi connectivity index (χ2v) is 8.86. The highest BCUT2D eigenvalue weighted by Crippen LogP contribution is 2.66. The van der Waals surface area contributed by atoms with Crippen LogP contribution >= 0.6 is 0 Å². The number of hydrogen-bond donors (Lipinski definition) is 1. The molecule has 128 valence electrons. The van der Waals surface area contributed by atoms with E-state index in [0.717, 1.165) is 32.1 Å². The van der Waals surface area contributed by atoms with E-state index in [1.54, 1.807) is 6.92 Å². The van der Waals surface area contributed by atoms with Crippen molar-refractivity contribution in [3.8, 4) is 0 Å². The molecule has 3 saturated carbocycles. The van der Waals surface area contributed by atoms with Crippen LogP contribution in [0.2, 0.25) is 0 Å². The molecule has 4 aliphatic carbocycles. The van der Waals surface area contributed by atoms with Gasteiger partial charge in [0.2, 0.25) is 0 Å². The second kappa shape index (κ2) is 5.18. The molecule has 3 fully saturated rings. The largest absolute Gasteiger partial charge is 0.393 e. The summed E-state index contributed by atoms with van der Waals surface area (Å²) >= 11 is 0. The summed E-state index contributed by atoms with van der Waals surface area (Å²) in [6, 6.07) is 0. The Morgan fingerprint density at radius 3 is 2.78 bits per heavy atom. The smallest absolute Gasteiger partial charge is 0.133 e. The molecule has 2 heteroatoms. The zero-order valence-corrected chi connectivity index (χ0v) is 14.6. The number of Topliss-reactive ketones (excluding diaryl/α,β-unsaturated/α-hetero) is 1. The number of rotatable bonds is 1. The van der Waals surface area contributed by atoms with E-state index in [1.807, 2.05) is 13.0 Å². The molecule has 0 heterocycles. The standard InChI is InChI=1S/C21H32O2/c1-13(22)17-6-7-18-16-5-4-14-12-15(23)8-10-20(14,2)19(16)9-11-21(17,18)3/h4,15-19,23H,5-12H2,1-3H3/t15-,16-,17+,18-,19-,20-,21+/m0/s1/i8D2,12D2. The number of aliphatic hydroxyl groups excluding tert-OH is 1. The fourth-order valence-corrected chi connectivity index (χ4v) is 6.72. The number of ketones is 1. The second-order valence-electron chi connectivity index (χ2n) is 8.86. The van der Waals surface area contributed by atoms with Gasteiger partial charge in [0.05, 0.1) is 6.10 Å². The number of carbonyl (C=O) groups excluding carboxylic acids is 1. The van der Waals surface area contributed by atoms with Crippen molar-refractivity contribution in [3.05, 3.63) is 11.6 Å². The lowest BCUT2D eigenvalue weighted by molar-refractivity contribution is -0.127. The van der Waals surface area contributed by atoms with Gasteiger partial charge < -0.3 is 5.11 Å². The van der Waals surface area contributed by atoms with Gasteiger partial charge in [0.25, 0.3) is 0 Å². The Hall–Kier alpha value is -0.630. The van der Waals surface area contributed by atoms with Crippen LogP contribution in [0.3, 0.4) is 0 Å². The number of carbonyl (C=O) groups is 1. The summed E-state index contributed by atoms with van der Waals surface area (Å²) < 4.78 is 33.6. The first-order valence-corrected chi connectivity index (χ1v) is 9.25. The van der Waals surface area contributed by atoms with E-state index >= 15 is 0 Å². The third kappa shape index (κ3) is 2.13. The van der Waals surface area contributed by atoms with Gasteiger partial charge in [-0.05, 0) is 86.8 Å². The molecule has 0 aliphatic heterocycles. The molecule has 1 N–H and O–H groups in total. The molecule has 2 nitrogen and oxygen atoms in total. The third-order valence-corrected chi connectivity index (χ3v) is 7.91. The van der Waals surface area contributed by atoms with E-state index in [4.69, 9.17) is 5.48 Å². The number of hydrogen-bond acceptors (Lipinski definition) is 2. The summed E-state index contributed by atoms with van der Waals surface area (Å²) in [7, 11) is 0. The monoisotopic (exact) mass is 320 g/mol. The number of fused-ring (bicyclic) bond motifs is 5. The Morgan fingerprint density at radius 2 is 2.04 bits per heavy atom. The lowest BCUT2D eigenvalue weighted by Crippen LogP contribution is -2.50. The maximum absolute atomic E-state index is 12.2. The van der Waals surface area contributed by atoms with Gasteiger partial charge in [0, 0.05) is 11.4 Å². The molecule has 4 rings (SSSR count). The van der Waals surface area contributed by atoms with E-state index < -0.39 is 24.3 Å². The normalized spacial score (nSPS) is 59.1. The van der Waals surface area contributed by atoms with Crippen LogP contribution in [0.15, 0.2) is 11.6 Å². The lowest BCUT2D eigenvalue weighted by Gasteiger charge is -2.57. The highest BCUT2D eigenvalue weighted by atomic mass is 16.3. The molecule has 0 aromatic heterocycles. The zero-order valence-electron chi connectivity index (χ0n) is 18.6. The van der Waals surface area contributed by atoms with E-state index in [1.165, 1.54) is 0 Å². The van der Waals surface area contributed by atoms with Gasteiger partial charge in [-0.2, -0.15) is 0 Å². The van der Waals surface area contributed by atoms with Crippen molar-refractivity contribution < 1.29 is 15.4 Å². The molecule has 0 bridgehead atoms. The SMILES string of the molecule is [2H]C1([2H])C[C@@]2(C)C(=CC[C@H]3[C@@H]4CC[C@H](C(C)=O)[C@@]4(C)CC[C@@H]32)C([2H])([2H])[C@H]1O. The molecule has 23 heavy (non-hydrogen) atoms. The van der Waals surface area contributed by atoms with Crippen LogP contribution in [0.4, 0.5) is 0 Å². The minimum Gasteiger partial charge on any atom is -0.393 e. The van der Waals surface area contributed by atoms with Crippen molar-refractivity contribution in [3.63, 3.8) is 0 Å². The van der Waals surface area contributed by atoms with Crippen LogP contribution in [-0.2, 0) is 4.79 Å². The van der Waals surface area contributed by atoms with E-state index in [2.05, 4.69) is 6.92 Å². The molecule has 4 aliphatic rings. The quantitative estimate of drug-likeness (QED) is 0.722. The Morgan fingerprint density at radius 1 is 1.26 bits per heavy atom. The summed E-state index contributed by atoms with van der Waals surface area (Å²) in [5, 5.41) is 10.4. The molecule has 0 saturated heterocycles. The summed E-state index contributed by atoms with van der Waals surface area (Å²) in [6.07, 6.45) is 1.23. The molecule has 0 spiro atoms. The highest BCUT2D eigenvalue weighted by Gasteiger charge is 2.59. The van der Waals surface area contributed by atoms with Crippen LogP contribution in [0.5, 0.6) is 0 Å². The molecule has 7 atom stereocenters. The number of allylic oxidation sites excluding steroid dienone is 1. The summed E-state index contributed by atoms with van der Waals surface area (Å²) in [6.45, 7) is 6.02. The lowest BCUT2D eigenvalue weighted by atomic mass is 9.47. The van der Waals surface area contributed by atoms with Crippen molar-refractivity contribution in [2.24, 2.45) is 34.5 Å². The fourth-order valence-electron chi connectivity index (χ4n) is 6.72. The highest BCUT2D eigenvalue weighted by molar-refractivity contribution is 5.79. The summed E-state index contributed by atoms with van der Waals surface area (Å²) in [5.41, 5.74) is 0.0784. The minimum atomic E-state index is -2.03. The van der Waals surface area contributed by atoms with Gasteiger partial charge in [0.1, 0.15) is 5.78 Å². The Balaban J connectivity index is 1.75. The van der Waals surface area contributed by atoms with Crippen LogP contribution in [-0.4, -0.2) is 17.0 Å². The van der Waals surface area contributed by atoms with Gasteiger partial charge in [-0.3, -0.25) is 4.79 Å². The molecule has 0 amide bonds. The van der Waals surface area contributed by atoms with Gasteiger partial charge in [-0.15, -0.1) is 0 Å². The van der Waals surface area contributed by atoms with Crippen molar-refractivity contribution in [1.82, 2.24) is 0 Å². The summed E-state index contributed by atoms with van der Waals surface area (Å²) in [4.78, 5) is 12.2. The first kappa shape index (κ1) is 11.8. The maximum Gasteiger partial charge on any atom is 0.133 e.